The predicted octanol–water partition coefficient (Wildman–Crippen LogP) is 14.7. The van der Waals surface area contributed by atoms with Crippen molar-refractivity contribution in [3.63, 3.8) is 0 Å². The molecule has 10 rings (SSSR count). The smallest absolute Gasteiger partial charge is 0.0531 e. The molecule has 0 radical (unpaired) electrons. The maximum absolute atomic E-state index is 2.62. The highest BCUT2D eigenvalue weighted by Crippen LogP contribution is 2.50. The van der Waals surface area contributed by atoms with Gasteiger partial charge in [-0.25, -0.2) is 0 Å². The second-order valence-electron chi connectivity index (χ2n) is 15.4. The van der Waals surface area contributed by atoms with E-state index < -0.39 is 0 Å². The number of rotatable bonds is 7. The standard InChI is InChI=1S/C54H45N/c1-3-13-38(14-4-1)41-23-26-44(27-24-41)53-49-19-9-11-21-51(49)54(52-22-12-10-20-50(52)53)55(47-33-29-42(30-34-47)39-15-5-2-6-16-39)48-35-31-43(32-36-48)46-28-25-40-17-7-8-18-45(40)37-46/h1-8,13-18,23-37H,9-12,19-22H2. The van der Waals surface area contributed by atoms with Crippen LogP contribution in [0.1, 0.15) is 47.9 Å². The Morgan fingerprint density at radius 1 is 0.291 bits per heavy atom. The Hall–Kier alpha value is -6.18. The molecule has 2 aliphatic rings. The summed E-state index contributed by atoms with van der Waals surface area (Å²) in [6.45, 7) is 0. The third kappa shape index (κ3) is 6.34. The fraction of sp³-hybridized carbons (Fsp3) is 0.148. The SMILES string of the molecule is c1ccc(-c2ccc(-c3c4c(c(N(c5ccc(-c6ccccc6)cc5)c5ccc(-c6ccc7ccccc7c6)cc5)c5c3CCCC5)CCCC4)cc2)cc1. The number of hydrogen-bond donors (Lipinski definition) is 0. The van der Waals surface area contributed by atoms with E-state index in [-0.39, 0.29) is 0 Å². The molecule has 0 atom stereocenters. The molecule has 55 heavy (non-hydrogen) atoms. The van der Waals surface area contributed by atoms with E-state index in [1.165, 1.54) is 98.0 Å². The number of anilines is 3. The third-order valence-electron chi connectivity index (χ3n) is 12.1. The van der Waals surface area contributed by atoms with Gasteiger partial charge in [-0.05, 0) is 159 Å². The molecule has 1 heteroatoms. The normalized spacial score (nSPS) is 13.6. The summed E-state index contributed by atoms with van der Waals surface area (Å²) < 4.78 is 0. The zero-order valence-electron chi connectivity index (χ0n) is 31.3. The van der Waals surface area contributed by atoms with Crippen molar-refractivity contribution < 1.29 is 0 Å². The molecule has 0 saturated heterocycles. The Kier molecular flexibility index (Phi) is 8.85. The third-order valence-corrected chi connectivity index (χ3v) is 12.1. The van der Waals surface area contributed by atoms with Crippen LogP contribution in [0.5, 0.6) is 0 Å². The Balaban J connectivity index is 1.14. The van der Waals surface area contributed by atoms with E-state index in [0.29, 0.717) is 0 Å². The molecular weight excluding hydrogens is 663 g/mol. The maximum atomic E-state index is 2.62. The molecular formula is C54H45N. The van der Waals surface area contributed by atoms with Gasteiger partial charge in [-0.3, -0.25) is 0 Å². The van der Waals surface area contributed by atoms with E-state index in [0.717, 1.165) is 25.7 Å². The first-order valence-corrected chi connectivity index (χ1v) is 20.2. The van der Waals surface area contributed by atoms with Crippen LogP contribution in [0.25, 0.3) is 55.3 Å². The first kappa shape index (κ1) is 33.4. The second-order valence-corrected chi connectivity index (χ2v) is 15.4. The highest BCUT2D eigenvalue weighted by molar-refractivity contribution is 5.90. The van der Waals surface area contributed by atoms with Gasteiger partial charge in [-0.15, -0.1) is 0 Å². The summed E-state index contributed by atoms with van der Waals surface area (Å²) in [6.07, 6.45) is 9.43. The molecule has 0 amide bonds. The summed E-state index contributed by atoms with van der Waals surface area (Å²) in [5.41, 5.74) is 20.6. The summed E-state index contributed by atoms with van der Waals surface area (Å²) in [5.74, 6) is 0. The van der Waals surface area contributed by atoms with Gasteiger partial charge in [0.25, 0.3) is 0 Å². The molecule has 8 aromatic carbocycles. The summed E-state index contributed by atoms with van der Waals surface area (Å²) in [6, 6.07) is 65.1. The molecule has 1 nitrogen and oxygen atoms in total. The van der Waals surface area contributed by atoms with Gasteiger partial charge in [-0.1, -0.05) is 146 Å². The Bertz CT molecular complexity index is 2560. The average molecular weight is 708 g/mol. The highest BCUT2D eigenvalue weighted by Gasteiger charge is 2.31. The van der Waals surface area contributed by atoms with Crippen LogP contribution in [0.3, 0.4) is 0 Å². The molecule has 266 valence electrons. The molecule has 0 heterocycles. The van der Waals surface area contributed by atoms with E-state index in [9.17, 15) is 0 Å². The topological polar surface area (TPSA) is 3.24 Å². The molecule has 0 fully saturated rings. The van der Waals surface area contributed by atoms with Gasteiger partial charge in [0, 0.05) is 11.4 Å². The zero-order valence-corrected chi connectivity index (χ0v) is 31.3. The van der Waals surface area contributed by atoms with Crippen molar-refractivity contribution in [1.82, 2.24) is 0 Å². The van der Waals surface area contributed by atoms with E-state index in [2.05, 4.69) is 181 Å². The van der Waals surface area contributed by atoms with Crippen molar-refractivity contribution in [3.8, 4) is 44.5 Å². The molecule has 0 spiro atoms. The van der Waals surface area contributed by atoms with Gasteiger partial charge >= 0.3 is 0 Å². The van der Waals surface area contributed by atoms with Crippen molar-refractivity contribution >= 4 is 27.8 Å². The lowest BCUT2D eigenvalue weighted by Crippen LogP contribution is -2.21. The Morgan fingerprint density at radius 3 is 1.20 bits per heavy atom. The molecule has 8 aromatic rings. The van der Waals surface area contributed by atoms with Crippen LogP contribution < -0.4 is 4.90 Å². The highest BCUT2D eigenvalue weighted by atomic mass is 15.1. The molecule has 0 aromatic heterocycles. The van der Waals surface area contributed by atoms with Crippen LogP contribution in [0, 0.1) is 0 Å². The molecule has 0 N–H and O–H groups in total. The Morgan fingerprint density at radius 2 is 0.673 bits per heavy atom. The first-order valence-electron chi connectivity index (χ1n) is 20.2. The monoisotopic (exact) mass is 707 g/mol. The summed E-state index contributed by atoms with van der Waals surface area (Å²) in [7, 11) is 0. The zero-order chi connectivity index (χ0) is 36.6. The van der Waals surface area contributed by atoms with E-state index >= 15 is 0 Å². The van der Waals surface area contributed by atoms with Gasteiger partial charge in [0.2, 0.25) is 0 Å². The van der Waals surface area contributed by atoms with Gasteiger partial charge in [-0.2, -0.15) is 0 Å². The fourth-order valence-electron chi connectivity index (χ4n) is 9.34. The fourth-order valence-corrected chi connectivity index (χ4v) is 9.34. The van der Waals surface area contributed by atoms with Crippen molar-refractivity contribution in [2.45, 2.75) is 51.4 Å². The first-order chi connectivity index (χ1) is 27.3. The van der Waals surface area contributed by atoms with Crippen molar-refractivity contribution in [2.75, 3.05) is 4.90 Å². The van der Waals surface area contributed by atoms with Crippen LogP contribution in [0.15, 0.2) is 176 Å². The number of nitrogens with zero attached hydrogens (tertiary/aromatic N) is 1. The van der Waals surface area contributed by atoms with E-state index in [4.69, 9.17) is 0 Å². The summed E-state index contributed by atoms with van der Waals surface area (Å²) in [4.78, 5) is 2.62. The number of hydrogen-bond acceptors (Lipinski definition) is 1. The summed E-state index contributed by atoms with van der Waals surface area (Å²) in [5, 5.41) is 2.55. The lowest BCUT2D eigenvalue weighted by atomic mass is 9.75. The van der Waals surface area contributed by atoms with E-state index in [1.54, 1.807) is 22.3 Å². The van der Waals surface area contributed by atoms with Crippen LogP contribution in [0.4, 0.5) is 17.1 Å². The van der Waals surface area contributed by atoms with Crippen LogP contribution >= 0.6 is 0 Å². The lowest BCUT2D eigenvalue weighted by molar-refractivity contribution is 0.661. The summed E-state index contributed by atoms with van der Waals surface area (Å²) >= 11 is 0. The average Bonchev–Trinajstić information content (AvgIpc) is 3.27. The van der Waals surface area contributed by atoms with Gasteiger partial charge in [0.1, 0.15) is 0 Å². The molecule has 0 aliphatic heterocycles. The quantitative estimate of drug-likeness (QED) is 0.159. The molecule has 2 aliphatic carbocycles. The molecule has 0 saturated carbocycles. The van der Waals surface area contributed by atoms with Crippen LogP contribution in [-0.4, -0.2) is 0 Å². The predicted molar refractivity (Wildman–Crippen MR) is 234 cm³/mol. The van der Waals surface area contributed by atoms with Crippen LogP contribution in [-0.2, 0) is 25.7 Å². The van der Waals surface area contributed by atoms with Crippen molar-refractivity contribution in [2.24, 2.45) is 0 Å². The minimum absolute atomic E-state index is 1.11. The minimum Gasteiger partial charge on any atom is -0.310 e. The largest absolute Gasteiger partial charge is 0.310 e. The van der Waals surface area contributed by atoms with Crippen molar-refractivity contribution in [1.29, 1.82) is 0 Å². The van der Waals surface area contributed by atoms with Gasteiger partial charge < -0.3 is 4.90 Å². The Labute approximate surface area is 325 Å². The lowest BCUT2D eigenvalue weighted by Gasteiger charge is -2.37. The maximum Gasteiger partial charge on any atom is 0.0531 e. The number of benzene rings is 8. The molecule has 0 bridgehead atoms. The molecule has 0 unspecified atom stereocenters. The van der Waals surface area contributed by atoms with E-state index in [1.807, 2.05) is 0 Å². The number of fused-ring (bicyclic) bond motifs is 3. The minimum atomic E-state index is 1.11. The van der Waals surface area contributed by atoms with Crippen molar-refractivity contribution in [3.05, 3.63) is 198 Å². The van der Waals surface area contributed by atoms with Gasteiger partial charge in [0.15, 0.2) is 0 Å². The van der Waals surface area contributed by atoms with Gasteiger partial charge in [0.05, 0.1) is 5.69 Å². The van der Waals surface area contributed by atoms with Crippen LogP contribution in [0.2, 0.25) is 0 Å². The second kappa shape index (κ2) is 14.6.